The minimum atomic E-state index is -0.186. The number of nitrogens with one attached hydrogen (secondary N) is 1. The highest BCUT2D eigenvalue weighted by Crippen LogP contribution is 2.26. The standard InChI is InChI=1S/C23H18N2O2S/c26-22-20(24-23(28)25(22)19-12-5-2-6-13-19)15-18-11-7-8-14-21(18)27-16-17-9-3-1-4-10-17/h1-15H,16H2,(H,24,28)/b20-15+. The van der Waals surface area contributed by atoms with Crippen LogP contribution in [0.3, 0.4) is 0 Å². The van der Waals surface area contributed by atoms with Gasteiger partial charge in [-0.25, -0.2) is 0 Å². The summed E-state index contributed by atoms with van der Waals surface area (Å²) >= 11 is 5.36. The van der Waals surface area contributed by atoms with Gasteiger partial charge in [0, 0.05) is 5.56 Å². The van der Waals surface area contributed by atoms with Crippen molar-refractivity contribution in [1.82, 2.24) is 5.32 Å². The average molecular weight is 386 g/mol. The number of para-hydroxylation sites is 2. The Kier molecular flexibility index (Phi) is 5.17. The van der Waals surface area contributed by atoms with Gasteiger partial charge in [-0.15, -0.1) is 0 Å². The van der Waals surface area contributed by atoms with Crippen LogP contribution in [-0.4, -0.2) is 11.0 Å². The maximum Gasteiger partial charge on any atom is 0.281 e. The molecule has 1 heterocycles. The number of carbonyl (C=O) groups excluding carboxylic acids is 1. The highest BCUT2D eigenvalue weighted by molar-refractivity contribution is 7.80. The van der Waals surface area contributed by atoms with E-state index in [1.807, 2.05) is 84.9 Å². The zero-order chi connectivity index (χ0) is 19.3. The monoisotopic (exact) mass is 386 g/mol. The number of hydrogen-bond acceptors (Lipinski definition) is 3. The molecular formula is C23H18N2O2S. The van der Waals surface area contributed by atoms with E-state index >= 15 is 0 Å². The highest BCUT2D eigenvalue weighted by atomic mass is 32.1. The molecule has 4 rings (SSSR count). The molecule has 0 saturated carbocycles. The van der Waals surface area contributed by atoms with Crippen LogP contribution in [0.2, 0.25) is 0 Å². The maximum atomic E-state index is 12.9. The molecule has 1 aliphatic heterocycles. The zero-order valence-corrected chi connectivity index (χ0v) is 15.9. The van der Waals surface area contributed by atoms with E-state index in [0.717, 1.165) is 16.8 Å². The zero-order valence-electron chi connectivity index (χ0n) is 15.0. The van der Waals surface area contributed by atoms with E-state index in [1.54, 1.807) is 6.08 Å². The third-order valence-corrected chi connectivity index (χ3v) is 4.63. The van der Waals surface area contributed by atoms with Crippen molar-refractivity contribution in [2.24, 2.45) is 0 Å². The number of anilines is 1. The van der Waals surface area contributed by atoms with E-state index in [0.29, 0.717) is 23.2 Å². The quantitative estimate of drug-likeness (QED) is 0.517. The number of nitrogens with zero attached hydrogens (tertiary/aromatic N) is 1. The van der Waals surface area contributed by atoms with E-state index in [4.69, 9.17) is 17.0 Å². The van der Waals surface area contributed by atoms with Crippen LogP contribution in [0.5, 0.6) is 5.75 Å². The molecule has 1 saturated heterocycles. The molecule has 3 aromatic rings. The first-order valence-corrected chi connectivity index (χ1v) is 9.31. The van der Waals surface area contributed by atoms with Gasteiger partial charge in [-0.1, -0.05) is 66.7 Å². The van der Waals surface area contributed by atoms with E-state index in [-0.39, 0.29) is 5.91 Å². The van der Waals surface area contributed by atoms with Crippen molar-refractivity contribution in [2.75, 3.05) is 4.90 Å². The molecule has 1 fully saturated rings. The number of thiocarbonyl (C=S) groups is 1. The smallest absolute Gasteiger partial charge is 0.281 e. The molecule has 1 aliphatic rings. The highest BCUT2D eigenvalue weighted by Gasteiger charge is 2.31. The normalized spacial score (nSPS) is 15.0. The van der Waals surface area contributed by atoms with Crippen molar-refractivity contribution in [3.8, 4) is 5.75 Å². The first kappa shape index (κ1) is 17.9. The molecule has 138 valence electrons. The second-order valence-corrected chi connectivity index (χ2v) is 6.66. The molecule has 0 atom stereocenters. The molecular weight excluding hydrogens is 368 g/mol. The molecule has 0 aromatic heterocycles. The first-order chi connectivity index (χ1) is 13.7. The fourth-order valence-corrected chi connectivity index (χ4v) is 3.27. The van der Waals surface area contributed by atoms with Crippen LogP contribution in [0.15, 0.2) is 90.6 Å². The number of hydrogen-bond donors (Lipinski definition) is 1. The minimum absolute atomic E-state index is 0.186. The van der Waals surface area contributed by atoms with Gasteiger partial charge in [0.15, 0.2) is 5.11 Å². The lowest BCUT2D eigenvalue weighted by atomic mass is 10.1. The van der Waals surface area contributed by atoms with Gasteiger partial charge in [0.25, 0.3) is 5.91 Å². The fourth-order valence-electron chi connectivity index (χ4n) is 2.97. The van der Waals surface area contributed by atoms with E-state index in [1.165, 1.54) is 4.90 Å². The summed E-state index contributed by atoms with van der Waals surface area (Å²) in [6.07, 6.45) is 1.78. The van der Waals surface area contributed by atoms with Gasteiger partial charge in [-0.3, -0.25) is 9.69 Å². The lowest BCUT2D eigenvalue weighted by Gasteiger charge is -2.13. The predicted octanol–water partition coefficient (Wildman–Crippen LogP) is 4.53. The molecule has 0 spiro atoms. The Morgan fingerprint density at radius 3 is 2.29 bits per heavy atom. The van der Waals surface area contributed by atoms with Gasteiger partial charge < -0.3 is 10.1 Å². The number of ether oxygens (including phenoxy) is 1. The van der Waals surface area contributed by atoms with Gasteiger partial charge in [0.1, 0.15) is 18.1 Å². The van der Waals surface area contributed by atoms with Gasteiger partial charge >= 0.3 is 0 Å². The molecule has 1 amide bonds. The summed E-state index contributed by atoms with van der Waals surface area (Å²) in [6.45, 7) is 0.455. The topological polar surface area (TPSA) is 41.6 Å². The van der Waals surface area contributed by atoms with Crippen LogP contribution in [0, 0.1) is 0 Å². The largest absolute Gasteiger partial charge is 0.488 e. The Bertz CT molecular complexity index is 1030. The lowest BCUT2D eigenvalue weighted by molar-refractivity contribution is -0.113. The van der Waals surface area contributed by atoms with Gasteiger partial charge in [0.2, 0.25) is 0 Å². The molecule has 3 aromatic carbocycles. The van der Waals surface area contributed by atoms with Crippen molar-refractivity contribution in [1.29, 1.82) is 0 Å². The molecule has 4 nitrogen and oxygen atoms in total. The van der Waals surface area contributed by atoms with Gasteiger partial charge in [-0.05, 0) is 42.1 Å². The fraction of sp³-hybridized carbons (Fsp3) is 0.0435. The summed E-state index contributed by atoms with van der Waals surface area (Å²) in [6, 6.07) is 26.9. The molecule has 28 heavy (non-hydrogen) atoms. The summed E-state index contributed by atoms with van der Waals surface area (Å²) in [5.41, 5.74) is 3.05. The van der Waals surface area contributed by atoms with E-state index < -0.39 is 0 Å². The molecule has 0 aliphatic carbocycles. The second-order valence-electron chi connectivity index (χ2n) is 6.28. The van der Waals surface area contributed by atoms with Crippen molar-refractivity contribution < 1.29 is 9.53 Å². The van der Waals surface area contributed by atoms with Crippen LogP contribution < -0.4 is 15.0 Å². The molecule has 1 N–H and O–H groups in total. The first-order valence-electron chi connectivity index (χ1n) is 8.90. The van der Waals surface area contributed by atoms with Crippen LogP contribution in [0.4, 0.5) is 5.69 Å². The summed E-state index contributed by atoms with van der Waals surface area (Å²) in [7, 11) is 0. The average Bonchev–Trinajstić information content (AvgIpc) is 3.02. The van der Waals surface area contributed by atoms with Crippen molar-refractivity contribution in [3.05, 3.63) is 102 Å². The third-order valence-electron chi connectivity index (χ3n) is 4.35. The Balaban J connectivity index is 1.58. The van der Waals surface area contributed by atoms with Gasteiger partial charge in [0.05, 0.1) is 5.69 Å². The number of benzene rings is 3. The van der Waals surface area contributed by atoms with E-state index in [2.05, 4.69) is 5.32 Å². The lowest BCUT2D eigenvalue weighted by Crippen LogP contribution is -2.30. The SMILES string of the molecule is O=C1/C(=C\c2ccccc2OCc2ccccc2)NC(=S)N1c1ccccc1. The number of rotatable bonds is 5. The molecule has 0 radical (unpaired) electrons. The predicted molar refractivity (Wildman–Crippen MR) is 115 cm³/mol. The van der Waals surface area contributed by atoms with Crippen molar-refractivity contribution in [2.45, 2.75) is 6.61 Å². The van der Waals surface area contributed by atoms with E-state index in [9.17, 15) is 4.79 Å². The number of carbonyl (C=O) groups is 1. The van der Waals surface area contributed by atoms with Crippen LogP contribution in [0.25, 0.3) is 6.08 Å². The van der Waals surface area contributed by atoms with Crippen molar-refractivity contribution >= 4 is 35.0 Å². The summed E-state index contributed by atoms with van der Waals surface area (Å²) in [4.78, 5) is 14.4. The Morgan fingerprint density at radius 2 is 1.54 bits per heavy atom. The van der Waals surface area contributed by atoms with Crippen LogP contribution in [0.1, 0.15) is 11.1 Å². The maximum absolute atomic E-state index is 12.9. The summed E-state index contributed by atoms with van der Waals surface area (Å²) in [5, 5.41) is 3.38. The second kappa shape index (κ2) is 8.06. The van der Waals surface area contributed by atoms with Crippen molar-refractivity contribution in [3.63, 3.8) is 0 Å². The van der Waals surface area contributed by atoms with Gasteiger partial charge in [-0.2, -0.15) is 0 Å². The molecule has 0 unspecified atom stereocenters. The Morgan fingerprint density at radius 1 is 0.893 bits per heavy atom. The Labute approximate surface area is 169 Å². The third kappa shape index (κ3) is 3.80. The summed E-state index contributed by atoms with van der Waals surface area (Å²) in [5.74, 6) is 0.520. The minimum Gasteiger partial charge on any atom is -0.488 e. The summed E-state index contributed by atoms with van der Waals surface area (Å²) < 4.78 is 5.98. The number of amides is 1. The molecule has 0 bridgehead atoms. The molecule has 5 heteroatoms. The van der Waals surface area contributed by atoms with Crippen LogP contribution >= 0.6 is 12.2 Å². The van der Waals surface area contributed by atoms with Crippen LogP contribution in [-0.2, 0) is 11.4 Å². The Hall–Kier alpha value is -3.44.